The van der Waals surface area contributed by atoms with E-state index in [2.05, 4.69) is 15.0 Å². The first-order chi connectivity index (χ1) is 7.36. The summed E-state index contributed by atoms with van der Waals surface area (Å²) in [5, 5.41) is 1.44. The summed E-state index contributed by atoms with van der Waals surface area (Å²) >= 11 is 0. The van der Waals surface area contributed by atoms with Crippen LogP contribution in [0.3, 0.4) is 0 Å². The van der Waals surface area contributed by atoms with Gasteiger partial charge in [-0.05, 0) is 6.07 Å². The molecule has 72 valence electrons. The Hall–Kier alpha value is -2.23. The molecule has 1 N–H and O–H groups in total. The van der Waals surface area contributed by atoms with Crippen molar-refractivity contribution in [2.75, 3.05) is 0 Å². The van der Waals surface area contributed by atoms with Gasteiger partial charge in [0.2, 0.25) is 0 Å². The maximum absolute atomic E-state index is 11.7. The number of benzene rings is 1. The third-order valence-corrected chi connectivity index (χ3v) is 2.38. The van der Waals surface area contributed by atoms with Gasteiger partial charge in [0.15, 0.2) is 0 Å². The van der Waals surface area contributed by atoms with Gasteiger partial charge in [-0.1, -0.05) is 18.2 Å². The fraction of sp³-hybridized carbons (Fsp3) is 0. The van der Waals surface area contributed by atoms with Crippen molar-refractivity contribution in [1.82, 2.24) is 15.0 Å². The number of pyridine rings is 1. The van der Waals surface area contributed by atoms with Crippen LogP contribution in [0.2, 0.25) is 0 Å². The maximum atomic E-state index is 11.7. The van der Waals surface area contributed by atoms with Crippen LogP contribution in [0.25, 0.3) is 21.8 Å². The molecule has 3 aromatic rings. The van der Waals surface area contributed by atoms with Crippen LogP contribution in [0, 0.1) is 0 Å². The van der Waals surface area contributed by atoms with Gasteiger partial charge in [0.1, 0.15) is 0 Å². The first-order valence-corrected chi connectivity index (χ1v) is 4.57. The van der Waals surface area contributed by atoms with Crippen molar-refractivity contribution in [2.24, 2.45) is 0 Å². The number of fused-ring (bicyclic) bond motifs is 3. The molecule has 2 aromatic heterocycles. The van der Waals surface area contributed by atoms with Crippen LogP contribution >= 0.6 is 0 Å². The molecule has 4 heteroatoms. The molecule has 0 aliphatic heterocycles. The van der Waals surface area contributed by atoms with Crippen molar-refractivity contribution in [3.8, 4) is 0 Å². The minimum Gasteiger partial charge on any atom is -0.313 e. The Kier molecular flexibility index (Phi) is 1.56. The molecule has 3 rings (SSSR count). The van der Waals surface area contributed by atoms with Gasteiger partial charge in [-0.15, -0.1) is 0 Å². The highest BCUT2D eigenvalue weighted by molar-refractivity contribution is 6.03. The summed E-state index contributed by atoms with van der Waals surface area (Å²) in [4.78, 5) is 22.6. The Bertz CT molecular complexity index is 703. The van der Waals surface area contributed by atoms with Crippen LogP contribution in [0.4, 0.5) is 0 Å². The van der Waals surface area contributed by atoms with E-state index >= 15 is 0 Å². The van der Waals surface area contributed by atoms with Crippen molar-refractivity contribution in [3.05, 3.63) is 47.1 Å². The van der Waals surface area contributed by atoms with Gasteiger partial charge in [-0.3, -0.25) is 9.78 Å². The first kappa shape index (κ1) is 8.11. The van der Waals surface area contributed by atoms with Gasteiger partial charge < -0.3 is 4.98 Å². The number of para-hydroxylation sites is 1. The fourth-order valence-electron chi connectivity index (χ4n) is 1.70. The minimum absolute atomic E-state index is 0.126. The molecular formula is C11H7N3O. The Balaban J connectivity index is 2.70. The number of aromatic nitrogens is 3. The number of aromatic amines is 1. The van der Waals surface area contributed by atoms with E-state index in [1.54, 1.807) is 6.20 Å². The molecule has 4 nitrogen and oxygen atoms in total. The Morgan fingerprint density at radius 2 is 1.93 bits per heavy atom. The van der Waals surface area contributed by atoms with E-state index in [9.17, 15) is 4.79 Å². The monoisotopic (exact) mass is 197 g/mol. The average Bonchev–Trinajstić information content (AvgIpc) is 2.29. The number of nitrogens with one attached hydrogen (secondary N) is 1. The van der Waals surface area contributed by atoms with E-state index in [1.807, 2.05) is 24.3 Å². The molecule has 0 fully saturated rings. The smallest absolute Gasteiger partial charge is 0.259 e. The van der Waals surface area contributed by atoms with Crippen LogP contribution in [-0.2, 0) is 0 Å². The summed E-state index contributed by atoms with van der Waals surface area (Å²) in [6, 6.07) is 7.53. The third kappa shape index (κ3) is 1.11. The Morgan fingerprint density at radius 3 is 2.87 bits per heavy atom. The van der Waals surface area contributed by atoms with Gasteiger partial charge in [-0.25, -0.2) is 4.98 Å². The normalized spacial score (nSPS) is 10.9. The predicted octanol–water partition coefficient (Wildman–Crippen LogP) is 1.47. The molecule has 0 unspecified atom stereocenters. The molecule has 0 spiro atoms. The van der Waals surface area contributed by atoms with Crippen LogP contribution < -0.4 is 5.56 Å². The quantitative estimate of drug-likeness (QED) is 0.555. The average molecular weight is 197 g/mol. The van der Waals surface area contributed by atoms with Crippen LogP contribution in [0.15, 0.2) is 41.6 Å². The fourth-order valence-corrected chi connectivity index (χ4v) is 1.70. The van der Waals surface area contributed by atoms with E-state index in [-0.39, 0.29) is 5.56 Å². The number of hydrogen-bond acceptors (Lipinski definition) is 3. The lowest BCUT2D eigenvalue weighted by Gasteiger charge is -1.99. The first-order valence-electron chi connectivity index (χ1n) is 4.57. The number of hydrogen-bond donors (Lipinski definition) is 1. The van der Waals surface area contributed by atoms with E-state index in [1.165, 1.54) is 6.33 Å². The molecule has 0 amide bonds. The molecule has 0 atom stereocenters. The topological polar surface area (TPSA) is 58.6 Å². The highest BCUT2D eigenvalue weighted by Crippen LogP contribution is 2.17. The molecule has 0 radical (unpaired) electrons. The van der Waals surface area contributed by atoms with Crippen molar-refractivity contribution < 1.29 is 0 Å². The van der Waals surface area contributed by atoms with E-state index in [0.29, 0.717) is 10.9 Å². The summed E-state index contributed by atoms with van der Waals surface area (Å²) < 4.78 is 0. The zero-order chi connectivity index (χ0) is 10.3. The second kappa shape index (κ2) is 2.88. The van der Waals surface area contributed by atoms with E-state index in [0.717, 1.165) is 10.9 Å². The van der Waals surface area contributed by atoms with E-state index in [4.69, 9.17) is 0 Å². The maximum Gasteiger partial charge on any atom is 0.259 e. The van der Waals surface area contributed by atoms with Gasteiger partial charge in [0.05, 0.1) is 28.9 Å². The number of nitrogens with zero attached hydrogens (tertiary/aromatic N) is 2. The lowest BCUT2D eigenvalue weighted by atomic mass is 10.1. The highest BCUT2D eigenvalue weighted by Gasteiger charge is 2.04. The summed E-state index contributed by atoms with van der Waals surface area (Å²) in [5.41, 5.74) is 1.31. The van der Waals surface area contributed by atoms with Gasteiger partial charge in [0, 0.05) is 5.39 Å². The molecule has 15 heavy (non-hydrogen) atoms. The SMILES string of the molecule is O=c1[nH]cnc2cnc3ccccc3c12. The van der Waals surface area contributed by atoms with Crippen LogP contribution in [0.5, 0.6) is 0 Å². The predicted molar refractivity (Wildman–Crippen MR) is 57.7 cm³/mol. The Morgan fingerprint density at radius 1 is 1.07 bits per heavy atom. The van der Waals surface area contributed by atoms with Crippen molar-refractivity contribution in [2.45, 2.75) is 0 Å². The van der Waals surface area contributed by atoms with Gasteiger partial charge in [-0.2, -0.15) is 0 Å². The van der Waals surface area contributed by atoms with Crippen molar-refractivity contribution >= 4 is 21.8 Å². The van der Waals surface area contributed by atoms with Crippen LogP contribution in [-0.4, -0.2) is 15.0 Å². The second-order valence-corrected chi connectivity index (χ2v) is 3.27. The summed E-state index contributed by atoms with van der Waals surface area (Å²) in [6.45, 7) is 0. The highest BCUT2D eigenvalue weighted by atomic mass is 16.1. The molecule has 0 saturated heterocycles. The zero-order valence-electron chi connectivity index (χ0n) is 7.77. The second-order valence-electron chi connectivity index (χ2n) is 3.27. The molecular weight excluding hydrogens is 190 g/mol. The van der Waals surface area contributed by atoms with Crippen molar-refractivity contribution in [1.29, 1.82) is 0 Å². The minimum atomic E-state index is -0.126. The lowest BCUT2D eigenvalue weighted by molar-refractivity contribution is 1.17. The van der Waals surface area contributed by atoms with Crippen LogP contribution in [0.1, 0.15) is 0 Å². The third-order valence-electron chi connectivity index (χ3n) is 2.38. The molecule has 0 aliphatic rings. The summed E-state index contributed by atoms with van der Waals surface area (Å²) in [7, 11) is 0. The standard InChI is InChI=1S/C11H7N3O/c15-11-10-7-3-1-2-4-8(7)12-5-9(10)13-6-14-11/h1-6H,(H,13,14,15). The largest absolute Gasteiger partial charge is 0.313 e. The van der Waals surface area contributed by atoms with Crippen molar-refractivity contribution in [3.63, 3.8) is 0 Å². The summed E-state index contributed by atoms with van der Waals surface area (Å²) in [6.07, 6.45) is 3.01. The zero-order valence-corrected chi connectivity index (χ0v) is 7.77. The Labute approximate surface area is 84.6 Å². The van der Waals surface area contributed by atoms with E-state index < -0.39 is 0 Å². The molecule has 0 aliphatic carbocycles. The summed E-state index contributed by atoms with van der Waals surface area (Å²) in [5.74, 6) is 0. The van der Waals surface area contributed by atoms with Gasteiger partial charge in [0.25, 0.3) is 5.56 Å². The molecule has 0 bridgehead atoms. The number of rotatable bonds is 0. The lowest BCUT2D eigenvalue weighted by Crippen LogP contribution is -2.07. The molecule has 0 saturated carbocycles. The molecule has 1 aromatic carbocycles. The molecule has 2 heterocycles. The van der Waals surface area contributed by atoms with Gasteiger partial charge >= 0.3 is 0 Å². The number of H-pyrrole nitrogens is 1.